The normalized spacial score (nSPS) is 14.6. The summed E-state index contributed by atoms with van der Waals surface area (Å²) in [5, 5.41) is 3.47. The van der Waals surface area contributed by atoms with Crippen LogP contribution in [0.1, 0.15) is 32.4 Å². The van der Waals surface area contributed by atoms with Crippen molar-refractivity contribution in [1.82, 2.24) is 5.32 Å². The zero-order chi connectivity index (χ0) is 12.8. The molecule has 0 aliphatic rings. The Balaban J connectivity index is 2.54. The first-order chi connectivity index (χ1) is 8.04. The van der Waals surface area contributed by atoms with Crippen molar-refractivity contribution in [2.24, 2.45) is 0 Å². The molecule has 0 spiro atoms. The second-order valence-electron chi connectivity index (χ2n) is 4.06. The Hall–Kier alpha value is 0.1000. The van der Waals surface area contributed by atoms with Crippen LogP contribution in [0.15, 0.2) is 27.1 Å². The Morgan fingerprint density at radius 2 is 2.00 bits per heavy atom. The second-order valence-corrected chi connectivity index (χ2v) is 5.83. The van der Waals surface area contributed by atoms with E-state index in [2.05, 4.69) is 69.2 Å². The predicted octanol–water partition coefficient (Wildman–Crippen LogP) is 4.29. The minimum absolute atomic E-state index is 0.247. The molecule has 17 heavy (non-hydrogen) atoms. The van der Waals surface area contributed by atoms with Gasteiger partial charge in [0.2, 0.25) is 0 Å². The van der Waals surface area contributed by atoms with E-state index in [1.165, 1.54) is 5.56 Å². The fourth-order valence-corrected chi connectivity index (χ4v) is 3.04. The van der Waals surface area contributed by atoms with Gasteiger partial charge in [-0.25, -0.2) is 0 Å². The molecule has 0 heterocycles. The van der Waals surface area contributed by atoms with Crippen LogP contribution in [-0.2, 0) is 4.74 Å². The monoisotopic (exact) mass is 363 g/mol. The molecule has 0 amide bonds. The van der Waals surface area contributed by atoms with Gasteiger partial charge in [-0.3, -0.25) is 0 Å². The molecule has 0 radical (unpaired) electrons. The average molecular weight is 365 g/mol. The van der Waals surface area contributed by atoms with Gasteiger partial charge >= 0.3 is 0 Å². The molecule has 0 aliphatic carbocycles. The highest BCUT2D eigenvalue weighted by Gasteiger charge is 2.10. The van der Waals surface area contributed by atoms with Crippen LogP contribution < -0.4 is 5.32 Å². The van der Waals surface area contributed by atoms with Gasteiger partial charge in [-0.15, -0.1) is 0 Å². The maximum absolute atomic E-state index is 5.50. The summed E-state index contributed by atoms with van der Waals surface area (Å²) in [4.78, 5) is 0. The molecule has 96 valence electrons. The van der Waals surface area contributed by atoms with Gasteiger partial charge in [-0.1, -0.05) is 37.9 Å². The topological polar surface area (TPSA) is 21.3 Å². The summed E-state index contributed by atoms with van der Waals surface area (Å²) in [6.45, 7) is 7.88. The second kappa shape index (κ2) is 7.52. The number of nitrogens with one attached hydrogen (secondary N) is 1. The SMILES string of the molecule is CCOC(C)CNC(C)c1ccc(Br)cc1Br. The summed E-state index contributed by atoms with van der Waals surface area (Å²) in [5.74, 6) is 0. The molecule has 1 aromatic rings. The molecule has 0 aliphatic heterocycles. The van der Waals surface area contributed by atoms with Gasteiger partial charge in [0.25, 0.3) is 0 Å². The third kappa shape index (κ3) is 5.08. The molecule has 0 aromatic heterocycles. The molecule has 1 aromatic carbocycles. The van der Waals surface area contributed by atoms with Crippen LogP contribution in [0.2, 0.25) is 0 Å². The Labute approximate surface area is 120 Å². The van der Waals surface area contributed by atoms with Crippen LogP contribution in [0.5, 0.6) is 0 Å². The fraction of sp³-hybridized carbons (Fsp3) is 0.538. The molecular formula is C13H19Br2NO. The summed E-state index contributed by atoms with van der Waals surface area (Å²) >= 11 is 7.04. The average Bonchev–Trinajstić information content (AvgIpc) is 2.26. The van der Waals surface area contributed by atoms with Crippen LogP contribution in [0.25, 0.3) is 0 Å². The standard InChI is InChI=1S/C13H19Br2NO/c1-4-17-9(2)8-16-10(3)12-6-5-11(14)7-13(12)15/h5-7,9-10,16H,4,8H2,1-3H3. The highest BCUT2D eigenvalue weighted by Crippen LogP contribution is 2.26. The minimum atomic E-state index is 0.247. The first-order valence-electron chi connectivity index (χ1n) is 5.84. The molecular weight excluding hydrogens is 346 g/mol. The minimum Gasteiger partial charge on any atom is -0.377 e. The largest absolute Gasteiger partial charge is 0.377 e. The van der Waals surface area contributed by atoms with Crippen LogP contribution in [0, 0.1) is 0 Å². The molecule has 1 N–H and O–H groups in total. The maximum Gasteiger partial charge on any atom is 0.0671 e. The zero-order valence-corrected chi connectivity index (χ0v) is 13.6. The highest BCUT2D eigenvalue weighted by molar-refractivity contribution is 9.11. The zero-order valence-electron chi connectivity index (χ0n) is 10.5. The first kappa shape index (κ1) is 15.2. The van der Waals surface area contributed by atoms with Gasteiger partial charge in [0, 0.05) is 28.1 Å². The summed E-state index contributed by atoms with van der Waals surface area (Å²) < 4.78 is 7.70. The van der Waals surface area contributed by atoms with Crippen LogP contribution >= 0.6 is 31.9 Å². The molecule has 2 unspecified atom stereocenters. The van der Waals surface area contributed by atoms with Crippen molar-refractivity contribution in [3.8, 4) is 0 Å². The fourth-order valence-electron chi connectivity index (χ4n) is 1.65. The Kier molecular flexibility index (Phi) is 6.70. The third-order valence-corrected chi connectivity index (χ3v) is 3.77. The summed E-state index contributed by atoms with van der Waals surface area (Å²) in [7, 11) is 0. The van der Waals surface area contributed by atoms with Crippen molar-refractivity contribution in [1.29, 1.82) is 0 Å². The van der Waals surface area contributed by atoms with Gasteiger partial charge in [0.1, 0.15) is 0 Å². The maximum atomic E-state index is 5.50. The number of ether oxygens (including phenoxy) is 1. The van der Waals surface area contributed by atoms with Crippen molar-refractivity contribution < 1.29 is 4.74 Å². The van der Waals surface area contributed by atoms with Gasteiger partial charge in [-0.05, 0) is 38.5 Å². The lowest BCUT2D eigenvalue weighted by molar-refractivity contribution is 0.0743. The molecule has 1 rings (SSSR count). The van der Waals surface area contributed by atoms with Gasteiger partial charge in [-0.2, -0.15) is 0 Å². The number of benzene rings is 1. The van der Waals surface area contributed by atoms with Crippen molar-refractivity contribution in [3.05, 3.63) is 32.7 Å². The molecule has 0 bridgehead atoms. The molecule has 4 heteroatoms. The van der Waals surface area contributed by atoms with E-state index in [1.807, 2.05) is 6.92 Å². The van der Waals surface area contributed by atoms with E-state index in [0.717, 1.165) is 22.1 Å². The number of rotatable bonds is 6. The van der Waals surface area contributed by atoms with E-state index in [9.17, 15) is 0 Å². The highest BCUT2D eigenvalue weighted by atomic mass is 79.9. The van der Waals surface area contributed by atoms with E-state index in [4.69, 9.17) is 4.74 Å². The van der Waals surface area contributed by atoms with Gasteiger partial charge < -0.3 is 10.1 Å². The molecule has 2 atom stereocenters. The van der Waals surface area contributed by atoms with Gasteiger partial charge in [0.15, 0.2) is 0 Å². The number of hydrogen-bond donors (Lipinski definition) is 1. The molecule has 2 nitrogen and oxygen atoms in total. The molecule has 0 saturated heterocycles. The lowest BCUT2D eigenvalue weighted by atomic mass is 10.1. The Morgan fingerprint density at radius 3 is 2.59 bits per heavy atom. The van der Waals surface area contributed by atoms with Crippen molar-refractivity contribution in [3.63, 3.8) is 0 Å². The Morgan fingerprint density at radius 1 is 1.29 bits per heavy atom. The molecule has 0 saturated carbocycles. The van der Waals surface area contributed by atoms with E-state index >= 15 is 0 Å². The molecule has 0 fully saturated rings. The van der Waals surface area contributed by atoms with E-state index in [0.29, 0.717) is 6.04 Å². The van der Waals surface area contributed by atoms with Crippen LogP contribution in [-0.4, -0.2) is 19.3 Å². The lowest BCUT2D eigenvalue weighted by Crippen LogP contribution is -2.29. The number of halogens is 2. The predicted molar refractivity (Wildman–Crippen MR) is 79.3 cm³/mol. The van der Waals surface area contributed by atoms with Crippen LogP contribution in [0.4, 0.5) is 0 Å². The lowest BCUT2D eigenvalue weighted by Gasteiger charge is -2.19. The van der Waals surface area contributed by atoms with Crippen molar-refractivity contribution in [2.75, 3.05) is 13.2 Å². The smallest absolute Gasteiger partial charge is 0.0671 e. The summed E-state index contributed by atoms with van der Waals surface area (Å²) in [6.07, 6.45) is 0.247. The number of hydrogen-bond acceptors (Lipinski definition) is 2. The summed E-state index contributed by atoms with van der Waals surface area (Å²) in [6, 6.07) is 6.56. The van der Waals surface area contributed by atoms with Crippen molar-refractivity contribution >= 4 is 31.9 Å². The van der Waals surface area contributed by atoms with Gasteiger partial charge in [0.05, 0.1) is 6.10 Å². The van der Waals surface area contributed by atoms with E-state index < -0.39 is 0 Å². The Bertz CT molecular complexity index is 357. The van der Waals surface area contributed by atoms with E-state index in [1.54, 1.807) is 0 Å². The van der Waals surface area contributed by atoms with E-state index in [-0.39, 0.29) is 6.10 Å². The van der Waals surface area contributed by atoms with Crippen LogP contribution in [0.3, 0.4) is 0 Å². The summed E-state index contributed by atoms with van der Waals surface area (Å²) in [5.41, 5.74) is 1.26. The van der Waals surface area contributed by atoms with Crippen molar-refractivity contribution in [2.45, 2.75) is 32.9 Å². The third-order valence-electron chi connectivity index (χ3n) is 2.59. The first-order valence-corrected chi connectivity index (χ1v) is 7.43. The quantitative estimate of drug-likeness (QED) is 0.812.